The number of sulfonamides is 2. The lowest BCUT2D eigenvalue weighted by Gasteiger charge is -2.31. The van der Waals surface area contributed by atoms with Crippen molar-refractivity contribution in [1.29, 1.82) is 0 Å². The summed E-state index contributed by atoms with van der Waals surface area (Å²) in [4.78, 5) is 7.97. The van der Waals surface area contributed by atoms with E-state index >= 15 is 0 Å². The number of piperidine rings is 1. The molecule has 1 aliphatic heterocycles. The molecule has 0 amide bonds. The van der Waals surface area contributed by atoms with E-state index < -0.39 is 20.0 Å². The first-order valence-electron chi connectivity index (χ1n) is 8.19. The predicted octanol–water partition coefficient (Wildman–Crippen LogP) is 0.856. The van der Waals surface area contributed by atoms with Gasteiger partial charge in [-0.25, -0.2) is 21.6 Å². The number of rotatable bonds is 6. The van der Waals surface area contributed by atoms with Gasteiger partial charge in [-0.05, 0) is 43.0 Å². The second-order valence-electron chi connectivity index (χ2n) is 6.08. The number of aromatic nitrogens is 2. The summed E-state index contributed by atoms with van der Waals surface area (Å²) in [6.45, 7) is 0.991. The standard InChI is InChI=1S/C16H20N4O4S2/c21-25(22,15-3-1-7-17-12-15)19-11-14-5-9-20(10-6-14)26(23,24)16-4-2-8-18-13-16/h1-4,7-8,12-14,19H,5-6,9-11H2. The zero-order valence-electron chi connectivity index (χ0n) is 14.0. The molecule has 8 nitrogen and oxygen atoms in total. The molecule has 0 spiro atoms. The average molecular weight is 396 g/mol. The molecule has 1 fully saturated rings. The molecule has 140 valence electrons. The number of nitrogens with one attached hydrogen (secondary N) is 1. The zero-order valence-corrected chi connectivity index (χ0v) is 15.7. The van der Waals surface area contributed by atoms with Crippen molar-refractivity contribution in [2.45, 2.75) is 22.6 Å². The van der Waals surface area contributed by atoms with Crippen LogP contribution in [0.1, 0.15) is 12.8 Å². The summed E-state index contributed by atoms with van der Waals surface area (Å²) < 4.78 is 53.6. The van der Waals surface area contributed by atoms with E-state index in [1.165, 1.54) is 41.2 Å². The van der Waals surface area contributed by atoms with Crippen LogP contribution in [0.25, 0.3) is 0 Å². The molecule has 2 aromatic heterocycles. The van der Waals surface area contributed by atoms with Gasteiger partial charge in [0, 0.05) is 44.4 Å². The van der Waals surface area contributed by atoms with E-state index in [1.807, 2.05) is 0 Å². The minimum absolute atomic E-state index is 0.0850. The second-order valence-corrected chi connectivity index (χ2v) is 9.78. The van der Waals surface area contributed by atoms with Gasteiger partial charge < -0.3 is 0 Å². The van der Waals surface area contributed by atoms with Gasteiger partial charge in [-0.3, -0.25) is 9.97 Å². The molecule has 1 aliphatic rings. The van der Waals surface area contributed by atoms with Crippen LogP contribution in [0.3, 0.4) is 0 Å². The third-order valence-electron chi connectivity index (χ3n) is 4.35. The third-order valence-corrected chi connectivity index (χ3v) is 7.64. The van der Waals surface area contributed by atoms with Crippen molar-refractivity contribution in [2.24, 2.45) is 5.92 Å². The highest BCUT2D eigenvalue weighted by atomic mass is 32.2. The van der Waals surface area contributed by atoms with Crippen LogP contribution in [0.4, 0.5) is 0 Å². The maximum atomic E-state index is 12.6. The van der Waals surface area contributed by atoms with Crippen molar-refractivity contribution < 1.29 is 16.8 Å². The molecule has 26 heavy (non-hydrogen) atoms. The molecular formula is C16H20N4O4S2. The minimum atomic E-state index is -3.60. The fraction of sp³-hybridized carbons (Fsp3) is 0.375. The first kappa shape index (κ1) is 18.9. The SMILES string of the molecule is O=S(=O)(NCC1CCN(S(=O)(=O)c2cccnc2)CC1)c1cccnc1. The van der Waals surface area contributed by atoms with E-state index in [0.29, 0.717) is 25.9 Å². The molecule has 1 N–H and O–H groups in total. The van der Waals surface area contributed by atoms with Crippen LogP contribution >= 0.6 is 0 Å². The fourth-order valence-corrected chi connectivity index (χ4v) is 5.33. The Morgan fingerprint density at radius 1 is 0.962 bits per heavy atom. The molecule has 0 atom stereocenters. The van der Waals surface area contributed by atoms with E-state index in [1.54, 1.807) is 12.1 Å². The van der Waals surface area contributed by atoms with Crippen molar-refractivity contribution in [3.8, 4) is 0 Å². The van der Waals surface area contributed by atoms with E-state index in [0.717, 1.165) is 0 Å². The molecule has 0 aromatic carbocycles. The fourth-order valence-electron chi connectivity index (χ4n) is 2.82. The molecule has 0 aliphatic carbocycles. The van der Waals surface area contributed by atoms with Gasteiger partial charge in [-0.15, -0.1) is 0 Å². The van der Waals surface area contributed by atoms with Crippen LogP contribution in [-0.2, 0) is 20.0 Å². The Kier molecular flexibility index (Phi) is 5.66. The Bertz CT molecular complexity index is 927. The lowest BCUT2D eigenvalue weighted by molar-refractivity contribution is 0.274. The topological polar surface area (TPSA) is 109 Å². The highest BCUT2D eigenvalue weighted by Crippen LogP contribution is 2.23. The summed E-state index contributed by atoms with van der Waals surface area (Å²) in [5, 5.41) is 0. The lowest BCUT2D eigenvalue weighted by atomic mass is 9.99. The van der Waals surface area contributed by atoms with E-state index in [9.17, 15) is 16.8 Å². The van der Waals surface area contributed by atoms with Crippen molar-refractivity contribution in [2.75, 3.05) is 19.6 Å². The average Bonchev–Trinajstić information content (AvgIpc) is 2.68. The van der Waals surface area contributed by atoms with Crippen LogP contribution < -0.4 is 4.72 Å². The van der Waals surface area contributed by atoms with Gasteiger partial charge in [-0.1, -0.05) is 0 Å². The molecular weight excluding hydrogens is 376 g/mol. The quantitative estimate of drug-likeness (QED) is 0.775. The molecule has 10 heteroatoms. The first-order valence-corrected chi connectivity index (χ1v) is 11.1. The Hall–Kier alpha value is -1.88. The first-order chi connectivity index (χ1) is 12.4. The highest BCUT2D eigenvalue weighted by molar-refractivity contribution is 7.89. The molecule has 1 saturated heterocycles. The summed E-state index contributed by atoms with van der Waals surface area (Å²) in [5.74, 6) is 0.0850. The number of nitrogens with zero attached hydrogens (tertiary/aromatic N) is 3. The van der Waals surface area contributed by atoms with Gasteiger partial charge in [0.05, 0.1) is 0 Å². The maximum Gasteiger partial charge on any atom is 0.244 e. The summed E-state index contributed by atoms with van der Waals surface area (Å²) in [7, 11) is -7.15. The smallest absolute Gasteiger partial charge is 0.244 e. The van der Waals surface area contributed by atoms with Crippen LogP contribution in [0.5, 0.6) is 0 Å². The van der Waals surface area contributed by atoms with Crippen molar-refractivity contribution in [3.63, 3.8) is 0 Å². The van der Waals surface area contributed by atoms with Crippen LogP contribution in [0, 0.1) is 5.92 Å². The lowest BCUT2D eigenvalue weighted by Crippen LogP contribution is -2.41. The summed E-state index contributed by atoms with van der Waals surface area (Å²) in [6.07, 6.45) is 6.86. The number of hydrogen-bond donors (Lipinski definition) is 1. The van der Waals surface area contributed by atoms with Gasteiger partial charge in [0.1, 0.15) is 9.79 Å². The van der Waals surface area contributed by atoms with E-state index in [-0.39, 0.29) is 22.3 Å². The normalized spacial score (nSPS) is 17.2. The molecule has 0 radical (unpaired) electrons. The van der Waals surface area contributed by atoms with E-state index in [4.69, 9.17) is 0 Å². The van der Waals surface area contributed by atoms with Gasteiger partial charge in [0.2, 0.25) is 20.0 Å². The largest absolute Gasteiger partial charge is 0.263 e. The molecule has 0 bridgehead atoms. The summed E-state index contributed by atoms with van der Waals surface area (Å²) in [5.41, 5.74) is 0. The summed E-state index contributed by atoms with van der Waals surface area (Å²) >= 11 is 0. The number of pyridine rings is 2. The van der Waals surface area contributed by atoms with E-state index in [2.05, 4.69) is 14.7 Å². The molecule has 3 rings (SSSR count). The van der Waals surface area contributed by atoms with Gasteiger partial charge in [-0.2, -0.15) is 4.31 Å². The molecule has 0 unspecified atom stereocenters. The van der Waals surface area contributed by atoms with Gasteiger partial charge in [0.25, 0.3) is 0 Å². The highest BCUT2D eigenvalue weighted by Gasteiger charge is 2.30. The van der Waals surface area contributed by atoms with Gasteiger partial charge >= 0.3 is 0 Å². The van der Waals surface area contributed by atoms with Crippen molar-refractivity contribution >= 4 is 20.0 Å². The minimum Gasteiger partial charge on any atom is -0.263 e. The second kappa shape index (κ2) is 7.78. The zero-order chi connectivity index (χ0) is 18.6. The molecule has 3 heterocycles. The van der Waals surface area contributed by atoms with Gasteiger partial charge in [0.15, 0.2) is 0 Å². The van der Waals surface area contributed by atoms with Crippen LogP contribution in [-0.4, -0.2) is 50.7 Å². The third kappa shape index (κ3) is 4.26. The molecule has 2 aromatic rings. The van der Waals surface area contributed by atoms with Crippen molar-refractivity contribution in [1.82, 2.24) is 19.0 Å². The summed E-state index contributed by atoms with van der Waals surface area (Å²) in [6, 6.07) is 6.16. The monoisotopic (exact) mass is 396 g/mol. The Labute approximate surface area is 153 Å². The molecule has 0 saturated carbocycles. The van der Waals surface area contributed by atoms with Crippen molar-refractivity contribution in [3.05, 3.63) is 49.1 Å². The number of hydrogen-bond acceptors (Lipinski definition) is 6. The van der Waals surface area contributed by atoms with Crippen LogP contribution in [0.15, 0.2) is 58.8 Å². The Morgan fingerprint density at radius 3 is 2.08 bits per heavy atom. The maximum absolute atomic E-state index is 12.6. The Balaban J connectivity index is 1.56. The predicted molar refractivity (Wildman–Crippen MR) is 95.1 cm³/mol. The van der Waals surface area contributed by atoms with Crippen LogP contribution in [0.2, 0.25) is 0 Å². The Morgan fingerprint density at radius 2 is 1.54 bits per heavy atom.